The molecule has 7 heteroatoms. The number of benzene rings is 2. The highest BCUT2D eigenvalue weighted by Crippen LogP contribution is 2.16. The molecule has 0 bridgehead atoms. The molecule has 0 saturated carbocycles. The van der Waals surface area contributed by atoms with E-state index in [1.807, 2.05) is 19.9 Å². The lowest BCUT2D eigenvalue weighted by Gasteiger charge is -2.12. The zero-order chi connectivity index (χ0) is 20.1. The van der Waals surface area contributed by atoms with Crippen LogP contribution in [0.15, 0.2) is 65.3 Å². The van der Waals surface area contributed by atoms with Gasteiger partial charge in [0.05, 0.1) is 6.26 Å². The summed E-state index contributed by atoms with van der Waals surface area (Å²) in [5.41, 5.74) is 3.74. The smallest absolute Gasteiger partial charge is 0.291 e. The Bertz CT molecular complexity index is 1010. The topological polar surface area (TPSA) is 83.4 Å². The summed E-state index contributed by atoms with van der Waals surface area (Å²) in [4.78, 5) is 24.4. The number of carbonyl (C=O) groups excluding carboxylic acids is 2. The van der Waals surface area contributed by atoms with Crippen molar-refractivity contribution in [3.8, 4) is 0 Å². The molecule has 2 amide bonds. The highest BCUT2D eigenvalue weighted by atomic mass is 32.1. The number of rotatable bonds is 4. The second kappa shape index (κ2) is 8.49. The third-order valence-electron chi connectivity index (χ3n) is 3.83. The maximum Gasteiger partial charge on any atom is 0.291 e. The Labute approximate surface area is 167 Å². The van der Waals surface area contributed by atoms with Crippen LogP contribution in [0.1, 0.15) is 32.0 Å². The van der Waals surface area contributed by atoms with Gasteiger partial charge in [0, 0.05) is 16.9 Å². The lowest BCUT2D eigenvalue weighted by Crippen LogP contribution is -2.34. The van der Waals surface area contributed by atoms with E-state index in [1.54, 1.807) is 48.5 Å². The molecule has 0 spiro atoms. The van der Waals surface area contributed by atoms with Gasteiger partial charge < -0.3 is 15.1 Å². The first kappa shape index (κ1) is 19.3. The number of aryl methyl sites for hydroxylation is 2. The Hall–Kier alpha value is -3.45. The van der Waals surface area contributed by atoms with Gasteiger partial charge in [-0.25, -0.2) is 0 Å². The molecular weight excluding hydrogens is 374 g/mol. The van der Waals surface area contributed by atoms with Gasteiger partial charge in [0.2, 0.25) is 0 Å². The molecule has 3 aromatic rings. The first-order valence-corrected chi connectivity index (χ1v) is 8.97. The summed E-state index contributed by atoms with van der Waals surface area (Å²) in [5.74, 6) is -0.422. The molecule has 1 heterocycles. The molecule has 0 fully saturated rings. The summed E-state index contributed by atoms with van der Waals surface area (Å²) < 4.78 is 5.07. The fourth-order valence-corrected chi connectivity index (χ4v) is 2.93. The van der Waals surface area contributed by atoms with Gasteiger partial charge in [-0.05, 0) is 68.5 Å². The van der Waals surface area contributed by atoms with Gasteiger partial charge >= 0.3 is 0 Å². The Morgan fingerprint density at radius 1 is 0.857 bits per heavy atom. The van der Waals surface area contributed by atoms with Crippen LogP contribution in [0.5, 0.6) is 0 Å². The Morgan fingerprint density at radius 2 is 1.54 bits per heavy atom. The molecule has 6 nitrogen and oxygen atoms in total. The van der Waals surface area contributed by atoms with Gasteiger partial charge in [-0.1, -0.05) is 23.3 Å². The van der Waals surface area contributed by atoms with Crippen LogP contribution in [0.2, 0.25) is 0 Å². The van der Waals surface area contributed by atoms with E-state index in [4.69, 9.17) is 16.6 Å². The number of amides is 2. The highest BCUT2D eigenvalue weighted by molar-refractivity contribution is 7.80. The quantitative estimate of drug-likeness (QED) is 0.577. The third kappa shape index (κ3) is 5.05. The molecular formula is C21H19N3O3S. The van der Waals surface area contributed by atoms with Gasteiger partial charge in [0.15, 0.2) is 10.9 Å². The molecule has 0 aliphatic heterocycles. The number of furan rings is 1. The lowest BCUT2D eigenvalue weighted by molar-refractivity contribution is 0.0975. The SMILES string of the molecule is Cc1cc(C)cc(C(=O)NC(=S)Nc2cccc(NC(=O)c3ccco3)c2)c1. The zero-order valence-electron chi connectivity index (χ0n) is 15.4. The van der Waals surface area contributed by atoms with Crippen molar-refractivity contribution in [2.45, 2.75) is 13.8 Å². The molecule has 1 aromatic heterocycles. The van der Waals surface area contributed by atoms with E-state index in [-0.39, 0.29) is 22.7 Å². The molecule has 0 atom stereocenters. The molecule has 3 N–H and O–H groups in total. The van der Waals surface area contributed by atoms with Crippen molar-refractivity contribution < 1.29 is 14.0 Å². The standard InChI is InChI=1S/C21H19N3O3S/c1-13-9-14(2)11-15(10-13)19(25)24-21(28)23-17-6-3-5-16(12-17)22-20(26)18-7-4-8-27-18/h3-12H,1-2H3,(H,22,26)(H2,23,24,25,28). The van der Waals surface area contributed by atoms with E-state index in [0.29, 0.717) is 16.9 Å². The monoisotopic (exact) mass is 393 g/mol. The summed E-state index contributed by atoms with van der Waals surface area (Å²) in [6.45, 7) is 3.87. The molecule has 0 aliphatic carbocycles. The van der Waals surface area contributed by atoms with Crippen LogP contribution in [0.4, 0.5) is 11.4 Å². The second-order valence-corrected chi connectivity index (χ2v) is 6.71. The maximum atomic E-state index is 12.4. The molecule has 0 radical (unpaired) electrons. The van der Waals surface area contributed by atoms with Gasteiger partial charge in [-0.15, -0.1) is 0 Å². The minimum Gasteiger partial charge on any atom is -0.459 e. The minimum atomic E-state index is -0.354. The van der Waals surface area contributed by atoms with Crippen molar-refractivity contribution in [1.82, 2.24) is 5.32 Å². The third-order valence-corrected chi connectivity index (χ3v) is 4.04. The van der Waals surface area contributed by atoms with Crippen molar-refractivity contribution in [3.63, 3.8) is 0 Å². The van der Waals surface area contributed by atoms with Crippen LogP contribution in [0, 0.1) is 13.8 Å². The number of hydrogen-bond acceptors (Lipinski definition) is 4. The minimum absolute atomic E-state index is 0.165. The molecule has 0 aliphatic rings. The summed E-state index contributed by atoms with van der Waals surface area (Å²) in [5, 5.41) is 8.50. The summed E-state index contributed by atoms with van der Waals surface area (Å²) in [7, 11) is 0. The number of anilines is 2. The van der Waals surface area contributed by atoms with Crippen LogP contribution in [0.25, 0.3) is 0 Å². The maximum absolute atomic E-state index is 12.4. The van der Waals surface area contributed by atoms with Crippen molar-refractivity contribution in [3.05, 3.63) is 83.3 Å². The van der Waals surface area contributed by atoms with Crippen molar-refractivity contribution in [1.29, 1.82) is 0 Å². The first-order valence-electron chi connectivity index (χ1n) is 8.56. The van der Waals surface area contributed by atoms with Gasteiger partial charge in [-0.2, -0.15) is 0 Å². The van der Waals surface area contributed by atoms with E-state index < -0.39 is 0 Å². The normalized spacial score (nSPS) is 10.2. The summed E-state index contributed by atoms with van der Waals surface area (Å²) >= 11 is 5.23. The fourth-order valence-electron chi connectivity index (χ4n) is 2.72. The largest absolute Gasteiger partial charge is 0.459 e. The number of hydrogen-bond donors (Lipinski definition) is 3. The predicted molar refractivity (Wildman–Crippen MR) is 113 cm³/mol. The second-order valence-electron chi connectivity index (χ2n) is 6.30. The van der Waals surface area contributed by atoms with Crippen LogP contribution in [0.3, 0.4) is 0 Å². The average molecular weight is 393 g/mol. The molecule has 2 aromatic carbocycles. The van der Waals surface area contributed by atoms with Crippen molar-refractivity contribution >= 4 is 40.5 Å². The Kier molecular flexibility index (Phi) is 5.86. The van der Waals surface area contributed by atoms with Crippen LogP contribution in [-0.4, -0.2) is 16.9 Å². The van der Waals surface area contributed by atoms with E-state index >= 15 is 0 Å². The van der Waals surface area contributed by atoms with Crippen LogP contribution in [-0.2, 0) is 0 Å². The predicted octanol–water partition coefficient (Wildman–Crippen LogP) is 4.28. The Balaban J connectivity index is 1.62. The number of nitrogens with one attached hydrogen (secondary N) is 3. The van der Waals surface area contributed by atoms with Gasteiger partial charge in [0.1, 0.15) is 0 Å². The van der Waals surface area contributed by atoms with Gasteiger partial charge in [0.25, 0.3) is 11.8 Å². The molecule has 0 saturated heterocycles. The highest BCUT2D eigenvalue weighted by Gasteiger charge is 2.11. The summed E-state index contributed by atoms with van der Waals surface area (Å²) in [6, 6.07) is 15.8. The van der Waals surface area contributed by atoms with Gasteiger partial charge in [-0.3, -0.25) is 14.9 Å². The van der Waals surface area contributed by atoms with E-state index in [0.717, 1.165) is 11.1 Å². The Morgan fingerprint density at radius 3 is 2.18 bits per heavy atom. The average Bonchev–Trinajstić information content (AvgIpc) is 3.16. The van der Waals surface area contributed by atoms with Crippen LogP contribution >= 0.6 is 12.2 Å². The fraction of sp³-hybridized carbons (Fsp3) is 0.0952. The molecule has 0 unspecified atom stereocenters. The molecule has 142 valence electrons. The van der Waals surface area contributed by atoms with E-state index in [9.17, 15) is 9.59 Å². The van der Waals surface area contributed by atoms with Crippen molar-refractivity contribution in [2.24, 2.45) is 0 Å². The number of thiocarbonyl (C=S) groups is 1. The first-order chi connectivity index (χ1) is 13.4. The van der Waals surface area contributed by atoms with E-state index in [1.165, 1.54) is 6.26 Å². The van der Waals surface area contributed by atoms with Crippen molar-refractivity contribution in [2.75, 3.05) is 10.6 Å². The summed E-state index contributed by atoms with van der Waals surface area (Å²) in [6.07, 6.45) is 1.43. The molecule has 28 heavy (non-hydrogen) atoms. The lowest BCUT2D eigenvalue weighted by atomic mass is 10.1. The zero-order valence-corrected chi connectivity index (χ0v) is 16.2. The van der Waals surface area contributed by atoms with Crippen LogP contribution < -0.4 is 16.0 Å². The number of carbonyl (C=O) groups is 2. The molecule has 3 rings (SSSR count). The van der Waals surface area contributed by atoms with E-state index in [2.05, 4.69) is 16.0 Å².